The number of aryl methyl sites for hydroxylation is 1. The van der Waals surface area contributed by atoms with Crippen LogP contribution in [-0.4, -0.2) is 54.8 Å². The zero-order valence-corrected chi connectivity index (χ0v) is 15.7. The number of ketones is 1. The van der Waals surface area contributed by atoms with Crippen LogP contribution < -0.4 is 5.32 Å². The summed E-state index contributed by atoms with van der Waals surface area (Å²) < 4.78 is 17.6. The molecule has 2 N–H and O–H groups in total. The number of hydrogen-bond donors (Lipinski definition) is 2. The molecule has 0 bridgehead atoms. The number of likely N-dealkylation sites (N-methyl/N-ethyl adjacent to an activating group) is 1. The number of Topliss-reactive ketones (excluding diaryl/α,β-unsaturated/α-hetero) is 1. The molecule has 0 fully saturated rings. The number of carbonyl (C=O) groups excluding carboxylic acids is 3. The van der Waals surface area contributed by atoms with Crippen LogP contribution in [0.2, 0.25) is 0 Å². The van der Waals surface area contributed by atoms with Gasteiger partial charge in [-0.1, -0.05) is 0 Å². The van der Waals surface area contributed by atoms with Crippen LogP contribution >= 0.6 is 0 Å². The average Bonchev–Trinajstić information content (AvgIpc) is 2.90. The van der Waals surface area contributed by atoms with E-state index in [-0.39, 0.29) is 24.8 Å². The number of esters is 1. The zero-order valence-electron chi connectivity index (χ0n) is 15.7. The van der Waals surface area contributed by atoms with Crippen molar-refractivity contribution in [3.05, 3.63) is 52.6 Å². The lowest BCUT2D eigenvalue weighted by Gasteiger charge is -2.15. The molecule has 0 aliphatic carbocycles. The first kappa shape index (κ1) is 20.3. The fourth-order valence-electron chi connectivity index (χ4n) is 2.80. The normalized spacial score (nSPS) is 10.7. The molecule has 144 valence electrons. The lowest BCUT2D eigenvalue weighted by Crippen LogP contribution is -2.34. The Morgan fingerprint density at radius 1 is 1.15 bits per heavy atom. The number of carbonyl (C=O) groups is 3. The minimum Gasteiger partial charge on any atom is -0.465 e. The monoisotopic (exact) mass is 375 g/mol. The van der Waals surface area contributed by atoms with Crippen molar-refractivity contribution in [2.45, 2.75) is 13.8 Å². The van der Waals surface area contributed by atoms with Crippen LogP contribution in [0.3, 0.4) is 0 Å². The molecular formula is C19H22FN3O4. The van der Waals surface area contributed by atoms with Crippen LogP contribution in [0, 0.1) is 19.7 Å². The van der Waals surface area contributed by atoms with Crippen molar-refractivity contribution in [1.29, 1.82) is 0 Å². The van der Waals surface area contributed by atoms with Gasteiger partial charge in [-0.3, -0.25) is 14.5 Å². The number of anilines is 1. The third kappa shape index (κ3) is 5.01. The predicted octanol–water partition coefficient (Wildman–Crippen LogP) is 2.31. The van der Waals surface area contributed by atoms with E-state index >= 15 is 0 Å². The zero-order chi connectivity index (χ0) is 20.1. The second-order valence-electron chi connectivity index (χ2n) is 6.27. The Kier molecular flexibility index (Phi) is 6.46. The summed E-state index contributed by atoms with van der Waals surface area (Å²) in [6.45, 7) is 3.32. The average molecular weight is 375 g/mol. The Balaban J connectivity index is 1.98. The van der Waals surface area contributed by atoms with Crippen LogP contribution in [0.4, 0.5) is 10.1 Å². The van der Waals surface area contributed by atoms with Crippen LogP contribution in [0.15, 0.2) is 24.3 Å². The lowest BCUT2D eigenvalue weighted by molar-refractivity contribution is -0.116. The first-order valence-electron chi connectivity index (χ1n) is 8.27. The molecule has 0 aliphatic rings. The van der Waals surface area contributed by atoms with Gasteiger partial charge in [0.15, 0.2) is 5.78 Å². The van der Waals surface area contributed by atoms with Crippen molar-refractivity contribution >= 4 is 23.3 Å². The summed E-state index contributed by atoms with van der Waals surface area (Å²) in [5.41, 5.74) is 2.21. The third-order valence-electron chi connectivity index (χ3n) is 4.06. The third-order valence-corrected chi connectivity index (χ3v) is 4.06. The Labute approximate surface area is 156 Å². The molecule has 1 amide bonds. The summed E-state index contributed by atoms with van der Waals surface area (Å²) in [7, 11) is 2.91. The first-order chi connectivity index (χ1) is 12.7. The van der Waals surface area contributed by atoms with E-state index in [4.69, 9.17) is 4.74 Å². The predicted molar refractivity (Wildman–Crippen MR) is 98.5 cm³/mol. The van der Waals surface area contributed by atoms with Crippen molar-refractivity contribution < 1.29 is 23.5 Å². The van der Waals surface area contributed by atoms with E-state index in [1.165, 1.54) is 31.4 Å². The van der Waals surface area contributed by atoms with Crippen molar-refractivity contribution in [3.63, 3.8) is 0 Å². The van der Waals surface area contributed by atoms with Crippen LogP contribution in [0.25, 0.3) is 0 Å². The fourth-order valence-corrected chi connectivity index (χ4v) is 2.80. The van der Waals surface area contributed by atoms with Gasteiger partial charge in [0.2, 0.25) is 5.91 Å². The molecule has 8 heteroatoms. The summed E-state index contributed by atoms with van der Waals surface area (Å²) in [6, 6.07) is 5.41. The van der Waals surface area contributed by atoms with E-state index < -0.39 is 11.8 Å². The quantitative estimate of drug-likeness (QED) is 0.572. The highest BCUT2D eigenvalue weighted by atomic mass is 19.1. The molecular weight excluding hydrogens is 353 g/mol. The highest BCUT2D eigenvalue weighted by Gasteiger charge is 2.23. The fraction of sp³-hybridized carbons (Fsp3) is 0.316. The molecule has 27 heavy (non-hydrogen) atoms. The SMILES string of the molecule is COC(=O)c1c(C)[nH]c(C(=O)CN(C)CC(=O)Nc2ccc(F)cc2)c1C. The van der Waals surface area contributed by atoms with Crippen LogP contribution in [0.5, 0.6) is 0 Å². The van der Waals surface area contributed by atoms with Gasteiger partial charge in [0.1, 0.15) is 5.82 Å². The Hall–Kier alpha value is -3.00. The summed E-state index contributed by atoms with van der Waals surface area (Å²) in [4.78, 5) is 40.9. The molecule has 0 saturated carbocycles. The maximum Gasteiger partial charge on any atom is 0.339 e. The van der Waals surface area contributed by atoms with E-state index in [1.54, 1.807) is 25.8 Å². The highest BCUT2D eigenvalue weighted by molar-refractivity contribution is 6.02. The smallest absolute Gasteiger partial charge is 0.339 e. The highest BCUT2D eigenvalue weighted by Crippen LogP contribution is 2.19. The van der Waals surface area contributed by atoms with E-state index in [9.17, 15) is 18.8 Å². The van der Waals surface area contributed by atoms with Crippen LogP contribution in [0.1, 0.15) is 32.1 Å². The number of rotatable bonds is 7. The minimum atomic E-state index is -0.507. The number of aromatic amines is 1. The van der Waals surface area contributed by atoms with Gasteiger partial charge in [0, 0.05) is 11.4 Å². The lowest BCUT2D eigenvalue weighted by atomic mass is 10.1. The standard InChI is InChI=1S/C19H22FN3O4/c1-11-17(19(26)27-4)12(2)21-18(11)15(24)9-23(3)10-16(25)22-14-7-5-13(20)6-8-14/h5-8,21H,9-10H2,1-4H3,(H,22,25). The van der Waals surface area contributed by atoms with Gasteiger partial charge in [-0.25, -0.2) is 9.18 Å². The number of aromatic nitrogens is 1. The van der Waals surface area contributed by atoms with Gasteiger partial charge in [0.05, 0.1) is 31.5 Å². The van der Waals surface area contributed by atoms with Gasteiger partial charge in [-0.05, 0) is 50.7 Å². The molecule has 0 spiro atoms. The van der Waals surface area contributed by atoms with Gasteiger partial charge in [-0.15, -0.1) is 0 Å². The minimum absolute atomic E-state index is 0.0156. The molecule has 1 aromatic carbocycles. The van der Waals surface area contributed by atoms with Gasteiger partial charge >= 0.3 is 5.97 Å². The van der Waals surface area contributed by atoms with Crippen molar-refractivity contribution in [2.75, 3.05) is 32.6 Å². The summed E-state index contributed by atoms with van der Waals surface area (Å²) >= 11 is 0. The van der Waals surface area contributed by atoms with Crippen molar-refractivity contribution in [1.82, 2.24) is 9.88 Å². The molecule has 2 aromatic rings. The molecule has 7 nitrogen and oxygen atoms in total. The van der Waals surface area contributed by atoms with Gasteiger partial charge in [-0.2, -0.15) is 0 Å². The number of nitrogens with one attached hydrogen (secondary N) is 2. The number of nitrogens with zero attached hydrogens (tertiary/aromatic N) is 1. The van der Waals surface area contributed by atoms with Crippen LogP contribution in [-0.2, 0) is 9.53 Å². The Morgan fingerprint density at radius 2 is 1.78 bits per heavy atom. The van der Waals surface area contributed by atoms with Gasteiger partial charge < -0.3 is 15.0 Å². The van der Waals surface area contributed by atoms with E-state index in [1.807, 2.05) is 0 Å². The maximum atomic E-state index is 12.9. The molecule has 1 aromatic heterocycles. The summed E-state index contributed by atoms with van der Waals surface area (Å²) in [5, 5.41) is 2.63. The van der Waals surface area contributed by atoms with Gasteiger partial charge in [0.25, 0.3) is 0 Å². The van der Waals surface area contributed by atoms with E-state index in [2.05, 4.69) is 10.3 Å². The topological polar surface area (TPSA) is 91.5 Å². The second kappa shape index (κ2) is 8.59. The number of hydrogen-bond acceptors (Lipinski definition) is 5. The van der Waals surface area contributed by atoms with Crippen molar-refractivity contribution in [2.24, 2.45) is 0 Å². The number of ether oxygens (including phenoxy) is 1. The number of H-pyrrole nitrogens is 1. The summed E-state index contributed by atoms with van der Waals surface area (Å²) in [5.74, 6) is -1.47. The first-order valence-corrected chi connectivity index (χ1v) is 8.27. The molecule has 0 saturated heterocycles. The number of benzene rings is 1. The summed E-state index contributed by atoms with van der Waals surface area (Å²) in [6.07, 6.45) is 0. The maximum absolute atomic E-state index is 12.9. The number of methoxy groups -OCH3 is 1. The number of amides is 1. The van der Waals surface area contributed by atoms with E-state index in [0.29, 0.717) is 28.2 Å². The molecule has 1 heterocycles. The molecule has 0 aliphatic heterocycles. The molecule has 0 atom stereocenters. The largest absolute Gasteiger partial charge is 0.465 e. The van der Waals surface area contributed by atoms with E-state index in [0.717, 1.165) is 0 Å². The second-order valence-corrected chi connectivity index (χ2v) is 6.27. The Bertz CT molecular complexity index is 859. The van der Waals surface area contributed by atoms with Crippen molar-refractivity contribution in [3.8, 4) is 0 Å². The number of halogens is 1. The molecule has 2 rings (SSSR count). The molecule has 0 unspecified atom stereocenters. The Morgan fingerprint density at radius 3 is 2.37 bits per heavy atom. The molecule has 0 radical (unpaired) electrons.